The van der Waals surface area contributed by atoms with Crippen LogP contribution < -0.4 is 16.3 Å². The van der Waals surface area contributed by atoms with Crippen molar-refractivity contribution in [2.75, 3.05) is 5.32 Å². The average molecular weight is 471 g/mol. The summed E-state index contributed by atoms with van der Waals surface area (Å²) in [4.78, 5) is 37.9. The topological polar surface area (TPSA) is 85.1 Å². The molecule has 3 aromatic carbocycles. The van der Waals surface area contributed by atoms with E-state index in [1.165, 1.54) is 0 Å². The van der Waals surface area contributed by atoms with Crippen LogP contribution in [-0.2, 0) is 24.4 Å². The van der Waals surface area contributed by atoms with Crippen molar-refractivity contribution in [1.29, 1.82) is 0 Å². The maximum absolute atomic E-state index is 12.9. The number of hydrogen-bond acceptors (Lipinski definition) is 3. The quantitative estimate of drug-likeness (QED) is 0.378. The van der Waals surface area contributed by atoms with Gasteiger partial charge in [0.25, 0.3) is 5.91 Å². The Morgan fingerprint density at radius 1 is 0.857 bits per heavy atom. The largest absolute Gasteiger partial charge is 0.352 e. The molecule has 0 bridgehead atoms. The molecule has 4 rings (SSSR count). The van der Waals surface area contributed by atoms with E-state index in [0.717, 1.165) is 28.6 Å². The van der Waals surface area contributed by atoms with Gasteiger partial charge in [-0.05, 0) is 55.3 Å². The second kappa shape index (κ2) is 10.9. The van der Waals surface area contributed by atoms with Gasteiger partial charge < -0.3 is 10.6 Å². The number of rotatable bonds is 9. The summed E-state index contributed by atoms with van der Waals surface area (Å²) in [6.45, 7) is 5.31. The lowest BCUT2D eigenvalue weighted by Crippen LogP contribution is -2.28. The fourth-order valence-electron chi connectivity index (χ4n) is 4.10. The smallest absolute Gasteiger partial charge is 0.329 e. The number of aromatic nitrogens is 2. The Kier molecular flexibility index (Phi) is 7.45. The van der Waals surface area contributed by atoms with Gasteiger partial charge in [-0.3, -0.25) is 18.7 Å². The van der Waals surface area contributed by atoms with Crippen molar-refractivity contribution in [3.05, 3.63) is 100.0 Å². The van der Waals surface area contributed by atoms with Crippen LogP contribution in [0.25, 0.3) is 11.0 Å². The minimum absolute atomic E-state index is 0.0853. The number of carbonyl (C=O) groups is 2. The number of anilines is 1. The lowest BCUT2D eigenvalue weighted by molar-refractivity contribution is -0.121. The molecule has 0 saturated carbocycles. The third-order valence-electron chi connectivity index (χ3n) is 5.92. The summed E-state index contributed by atoms with van der Waals surface area (Å²) in [6, 6.07) is 22.4. The van der Waals surface area contributed by atoms with Gasteiger partial charge in [0.05, 0.1) is 11.0 Å². The second-order valence-corrected chi connectivity index (χ2v) is 8.62. The average Bonchev–Trinajstić information content (AvgIpc) is 3.13. The van der Waals surface area contributed by atoms with Crippen molar-refractivity contribution in [2.24, 2.45) is 0 Å². The number of imidazole rings is 1. The van der Waals surface area contributed by atoms with Crippen LogP contribution in [-0.4, -0.2) is 20.9 Å². The van der Waals surface area contributed by atoms with Gasteiger partial charge in [-0.2, -0.15) is 0 Å². The number of nitrogens with one attached hydrogen (secondary N) is 2. The number of hydrogen-bond donors (Lipinski definition) is 2. The predicted molar refractivity (Wildman–Crippen MR) is 139 cm³/mol. The number of amides is 2. The van der Waals surface area contributed by atoms with Crippen molar-refractivity contribution >= 4 is 28.5 Å². The van der Waals surface area contributed by atoms with E-state index in [4.69, 9.17) is 0 Å². The molecule has 0 unspecified atom stereocenters. The number of nitrogens with zero attached hydrogens (tertiary/aromatic N) is 2. The van der Waals surface area contributed by atoms with Crippen molar-refractivity contribution in [1.82, 2.24) is 14.5 Å². The summed E-state index contributed by atoms with van der Waals surface area (Å²) in [5.41, 5.74) is 4.87. The zero-order valence-electron chi connectivity index (χ0n) is 20.1. The Balaban J connectivity index is 1.35. The van der Waals surface area contributed by atoms with Gasteiger partial charge in [0.15, 0.2) is 0 Å². The summed E-state index contributed by atoms with van der Waals surface area (Å²) < 4.78 is 3.44. The van der Waals surface area contributed by atoms with E-state index >= 15 is 0 Å². The predicted octanol–water partition coefficient (Wildman–Crippen LogP) is 4.48. The highest BCUT2D eigenvalue weighted by atomic mass is 16.2. The first kappa shape index (κ1) is 24.0. The molecule has 7 nitrogen and oxygen atoms in total. The van der Waals surface area contributed by atoms with Crippen LogP contribution in [0.5, 0.6) is 0 Å². The highest BCUT2D eigenvalue weighted by Crippen LogP contribution is 2.15. The van der Waals surface area contributed by atoms with Gasteiger partial charge in [0, 0.05) is 37.3 Å². The molecule has 0 aliphatic rings. The summed E-state index contributed by atoms with van der Waals surface area (Å²) >= 11 is 0. The van der Waals surface area contributed by atoms with Crippen molar-refractivity contribution in [3.8, 4) is 0 Å². The monoisotopic (exact) mass is 470 g/mol. The SMILES string of the molecule is CCCn1c(=O)n(CCC(=O)NCc2cccc(NC(=O)c3ccc(C)cc3)c2)c2ccccc21. The fourth-order valence-corrected chi connectivity index (χ4v) is 4.10. The van der Waals surface area contributed by atoms with Crippen LogP contribution in [0.15, 0.2) is 77.6 Å². The number of aryl methyl sites for hydroxylation is 3. The number of fused-ring (bicyclic) bond motifs is 1. The van der Waals surface area contributed by atoms with Crippen LogP contribution in [0, 0.1) is 6.92 Å². The maximum atomic E-state index is 12.9. The van der Waals surface area contributed by atoms with Gasteiger partial charge in [0.1, 0.15) is 0 Å². The third-order valence-corrected chi connectivity index (χ3v) is 5.92. The lowest BCUT2D eigenvalue weighted by atomic mass is 10.1. The minimum Gasteiger partial charge on any atom is -0.352 e. The van der Waals surface area contributed by atoms with Gasteiger partial charge in [-0.25, -0.2) is 4.79 Å². The molecule has 0 spiro atoms. The molecule has 0 radical (unpaired) electrons. The van der Waals surface area contributed by atoms with E-state index in [2.05, 4.69) is 10.6 Å². The Morgan fingerprint density at radius 3 is 2.23 bits per heavy atom. The maximum Gasteiger partial charge on any atom is 0.329 e. The summed E-state index contributed by atoms with van der Waals surface area (Å²) in [7, 11) is 0. The third kappa shape index (κ3) is 5.69. The molecular weight excluding hydrogens is 440 g/mol. The first-order valence-corrected chi connectivity index (χ1v) is 11.9. The Hall–Kier alpha value is -4.13. The van der Waals surface area contributed by atoms with E-state index < -0.39 is 0 Å². The van der Waals surface area contributed by atoms with E-state index in [-0.39, 0.29) is 23.9 Å². The highest BCUT2D eigenvalue weighted by Gasteiger charge is 2.13. The molecule has 0 aliphatic carbocycles. The van der Waals surface area contributed by atoms with Crippen LogP contribution in [0.1, 0.15) is 41.3 Å². The minimum atomic E-state index is -0.182. The van der Waals surface area contributed by atoms with Crippen LogP contribution >= 0.6 is 0 Å². The molecule has 0 fully saturated rings. The Bertz CT molecular complexity index is 1400. The van der Waals surface area contributed by atoms with Crippen LogP contribution in [0.2, 0.25) is 0 Å². The highest BCUT2D eigenvalue weighted by molar-refractivity contribution is 6.04. The first-order chi connectivity index (χ1) is 17.0. The van der Waals surface area contributed by atoms with Crippen molar-refractivity contribution in [3.63, 3.8) is 0 Å². The summed E-state index contributed by atoms with van der Waals surface area (Å²) in [5.74, 6) is -0.322. The second-order valence-electron chi connectivity index (χ2n) is 8.62. The summed E-state index contributed by atoms with van der Waals surface area (Å²) in [6.07, 6.45) is 1.06. The molecule has 1 heterocycles. The molecule has 7 heteroatoms. The number of benzene rings is 3. The van der Waals surface area contributed by atoms with Crippen LogP contribution in [0.3, 0.4) is 0 Å². The molecule has 4 aromatic rings. The molecule has 2 N–H and O–H groups in total. The zero-order valence-corrected chi connectivity index (χ0v) is 20.1. The zero-order chi connectivity index (χ0) is 24.8. The van der Waals surface area contributed by atoms with Gasteiger partial charge in [-0.15, -0.1) is 0 Å². The van der Waals surface area contributed by atoms with E-state index in [0.29, 0.717) is 30.9 Å². The molecular formula is C28H30N4O3. The standard InChI is InChI=1S/C28H30N4O3/c1-3-16-31-24-9-4-5-10-25(24)32(28(31)35)17-15-26(33)29-19-21-7-6-8-23(18-21)30-27(34)22-13-11-20(2)12-14-22/h4-14,18H,3,15-17,19H2,1-2H3,(H,29,33)(H,30,34). The summed E-state index contributed by atoms with van der Waals surface area (Å²) in [5, 5.41) is 5.81. The number of carbonyl (C=O) groups excluding carboxylic acids is 2. The van der Waals surface area contributed by atoms with Gasteiger partial charge in [0.2, 0.25) is 5.91 Å². The molecule has 0 atom stereocenters. The van der Waals surface area contributed by atoms with E-state index in [1.807, 2.05) is 74.5 Å². The molecule has 0 saturated heterocycles. The normalized spacial score (nSPS) is 10.9. The Labute approximate surface area is 204 Å². The van der Waals surface area contributed by atoms with Gasteiger partial charge >= 0.3 is 5.69 Å². The van der Waals surface area contributed by atoms with E-state index in [9.17, 15) is 14.4 Å². The van der Waals surface area contributed by atoms with Crippen LogP contribution in [0.4, 0.5) is 5.69 Å². The molecule has 1 aromatic heterocycles. The van der Waals surface area contributed by atoms with Gasteiger partial charge in [-0.1, -0.05) is 48.9 Å². The fraction of sp³-hybridized carbons (Fsp3) is 0.250. The van der Waals surface area contributed by atoms with Crippen molar-refractivity contribution in [2.45, 2.75) is 46.3 Å². The molecule has 180 valence electrons. The van der Waals surface area contributed by atoms with Crippen molar-refractivity contribution < 1.29 is 9.59 Å². The molecule has 0 aliphatic heterocycles. The lowest BCUT2D eigenvalue weighted by Gasteiger charge is -2.09. The van der Waals surface area contributed by atoms with E-state index in [1.54, 1.807) is 21.3 Å². The number of para-hydroxylation sites is 2. The molecule has 2 amide bonds. The first-order valence-electron chi connectivity index (χ1n) is 11.9. The Morgan fingerprint density at radius 2 is 1.54 bits per heavy atom. The molecule has 35 heavy (non-hydrogen) atoms.